The fraction of sp³-hybridized carbons (Fsp3) is 0.207. The number of carbonyl (C=O) groups is 3. The first-order valence-electron chi connectivity index (χ1n) is 12.5. The van der Waals surface area contributed by atoms with Crippen LogP contribution in [0.5, 0.6) is 0 Å². The summed E-state index contributed by atoms with van der Waals surface area (Å²) in [6, 6.07) is 18.5. The molecule has 5 rings (SSSR count). The topological polar surface area (TPSA) is 135 Å². The number of rotatable bonds is 7. The number of carboxylic acid groups (broad SMARTS) is 1. The SMILES string of the molecule is N#Cc1ccc(N2N=C3c4ccc(C(=O)NCC(=O)NCC(=O)O)cc4CC[C@H]3C2c2ccc(F)cc2)cc1Cl. The maximum Gasteiger partial charge on any atom is 0.322 e. The molecule has 3 aromatic carbocycles. The van der Waals surface area contributed by atoms with Gasteiger partial charge in [-0.1, -0.05) is 29.8 Å². The Morgan fingerprint density at radius 2 is 1.85 bits per heavy atom. The second-order valence-electron chi connectivity index (χ2n) is 9.47. The molecule has 2 atom stereocenters. The zero-order chi connectivity index (χ0) is 28.4. The molecule has 11 heteroatoms. The Morgan fingerprint density at radius 3 is 2.55 bits per heavy atom. The van der Waals surface area contributed by atoms with Crippen LogP contribution in [0.2, 0.25) is 5.02 Å². The number of benzene rings is 3. The number of carbonyl (C=O) groups excluding carboxylic acids is 2. The average Bonchev–Trinajstić information content (AvgIpc) is 3.35. The number of hydrogen-bond donors (Lipinski definition) is 3. The third-order valence-electron chi connectivity index (χ3n) is 6.97. The van der Waals surface area contributed by atoms with Crippen LogP contribution in [-0.2, 0) is 16.0 Å². The van der Waals surface area contributed by atoms with Crippen molar-refractivity contribution in [3.05, 3.63) is 99.3 Å². The smallest absolute Gasteiger partial charge is 0.322 e. The molecular formula is C29H23ClFN5O4. The quantitative estimate of drug-likeness (QED) is 0.403. The summed E-state index contributed by atoms with van der Waals surface area (Å²) in [7, 11) is 0. The zero-order valence-corrected chi connectivity index (χ0v) is 21.8. The number of aryl methyl sites for hydroxylation is 1. The minimum absolute atomic E-state index is 0.0232. The van der Waals surface area contributed by atoms with E-state index in [0.717, 1.165) is 28.8 Å². The van der Waals surface area contributed by atoms with Gasteiger partial charge in [0.25, 0.3) is 5.91 Å². The van der Waals surface area contributed by atoms with E-state index < -0.39 is 24.3 Å². The fourth-order valence-electron chi connectivity index (χ4n) is 5.11. The number of nitriles is 1. The molecule has 0 saturated carbocycles. The predicted molar refractivity (Wildman–Crippen MR) is 146 cm³/mol. The van der Waals surface area contributed by atoms with Crippen molar-refractivity contribution in [2.75, 3.05) is 18.1 Å². The molecule has 202 valence electrons. The van der Waals surface area contributed by atoms with Crippen LogP contribution in [0.3, 0.4) is 0 Å². The Balaban J connectivity index is 1.44. The largest absolute Gasteiger partial charge is 0.480 e. The number of aliphatic carboxylic acids is 1. The molecule has 0 saturated heterocycles. The number of hydrazone groups is 1. The highest BCUT2D eigenvalue weighted by Gasteiger charge is 2.42. The van der Waals surface area contributed by atoms with Crippen LogP contribution in [0.25, 0.3) is 0 Å². The van der Waals surface area contributed by atoms with E-state index in [4.69, 9.17) is 21.8 Å². The molecule has 3 N–H and O–H groups in total. The van der Waals surface area contributed by atoms with Gasteiger partial charge in [-0.3, -0.25) is 19.4 Å². The minimum atomic E-state index is -1.18. The lowest BCUT2D eigenvalue weighted by Crippen LogP contribution is -2.39. The summed E-state index contributed by atoms with van der Waals surface area (Å²) in [5.41, 5.74) is 4.94. The number of hydrogen-bond acceptors (Lipinski definition) is 6. The van der Waals surface area contributed by atoms with E-state index >= 15 is 0 Å². The highest BCUT2D eigenvalue weighted by atomic mass is 35.5. The fourth-order valence-corrected chi connectivity index (χ4v) is 5.33. The molecule has 1 aliphatic heterocycles. The maximum absolute atomic E-state index is 13.8. The van der Waals surface area contributed by atoms with Crippen LogP contribution in [0.1, 0.15) is 45.1 Å². The summed E-state index contributed by atoms with van der Waals surface area (Å²) in [6.07, 6.45) is 1.38. The average molecular weight is 560 g/mol. The van der Waals surface area contributed by atoms with Gasteiger partial charge in [0.1, 0.15) is 18.4 Å². The number of anilines is 1. The van der Waals surface area contributed by atoms with Gasteiger partial charge < -0.3 is 15.7 Å². The molecule has 0 spiro atoms. The molecule has 0 radical (unpaired) electrons. The van der Waals surface area contributed by atoms with E-state index in [0.29, 0.717) is 28.3 Å². The zero-order valence-electron chi connectivity index (χ0n) is 21.0. The van der Waals surface area contributed by atoms with Crippen molar-refractivity contribution in [2.24, 2.45) is 11.0 Å². The van der Waals surface area contributed by atoms with E-state index in [1.165, 1.54) is 12.1 Å². The molecule has 1 heterocycles. The Morgan fingerprint density at radius 1 is 1.07 bits per heavy atom. The third-order valence-corrected chi connectivity index (χ3v) is 7.29. The standard InChI is InChI=1S/C29H23ClFN5O4/c30-24-12-21(8-3-19(24)13-32)36-28(16-1-6-20(31)7-2-16)23-10-4-17-11-18(5-9-22(17)27(23)35-36)29(40)34-14-25(37)33-15-26(38)39/h1-3,5-9,11-12,23,28H,4,10,14-15H2,(H,33,37)(H,34,40)(H,38,39)/t23-,28?/m1/s1. The lowest BCUT2D eigenvalue weighted by Gasteiger charge is -2.31. The van der Waals surface area contributed by atoms with Gasteiger partial charge in [-0.25, -0.2) is 4.39 Å². The van der Waals surface area contributed by atoms with Crippen LogP contribution in [-0.4, -0.2) is 41.7 Å². The monoisotopic (exact) mass is 559 g/mol. The van der Waals surface area contributed by atoms with Crippen LogP contribution in [0.15, 0.2) is 65.8 Å². The summed E-state index contributed by atoms with van der Waals surface area (Å²) in [4.78, 5) is 35.0. The van der Waals surface area contributed by atoms with Gasteiger partial charge in [-0.15, -0.1) is 0 Å². The minimum Gasteiger partial charge on any atom is -0.480 e. The molecule has 2 amide bonds. The van der Waals surface area contributed by atoms with Crippen molar-refractivity contribution in [1.29, 1.82) is 5.26 Å². The number of fused-ring (bicyclic) bond motifs is 3. The van der Waals surface area contributed by atoms with Crippen molar-refractivity contribution in [1.82, 2.24) is 10.6 Å². The predicted octanol–water partition coefficient (Wildman–Crippen LogP) is 3.81. The van der Waals surface area contributed by atoms with Gasteiger partial charge in [-0.2, -0.15) is 10.4 Å². The van der Waals surface area contributed by atoms with Gasteiger partial charge in [0.05, 0.1) is 34.6 Å². The molecule has 0 aromatic heterocycles. The summed E-state index contributed by atoms with van der Waals surface area (Å²) in [5.74, 6) is -2.60. The molecule has 1 unspecified atom stereocenters. The van der Waals surface area contributed by atoms with E-state index in [1.54, 1.807) is 42.5 Å². The summed E-state index contributed by atoms with van der Waals surface area (Å²) < 4.78 is 13.8. The van der Waals surface area contributed by atoms with Crippen molar-refractivity contribution in [3.8, 4) is 6.07 Å². The van der Waals surface area contributed by atoms with Gasteiger partial charge in [0.15, 0.2) is 0 Å². The lowest BCUT2D eigenvalue weighted by molar-refractivity contribution is -0.137. The van der Waals surface area contributed by atoms with Crippen molar-refractivity contribution in [3.63, 3.8) is 0 Å². The van der Waals surface area contributed by atoms with Gasteiger partial charge in [0, 0.05) is 17.0 Å². The van der Waals surface area contributed by atoms with Crippen LogP contribution >= 0.6 is 11.6 Å². The number of nitrogens with one attached hydrogen (secondary N) is 2. The van der Waals surface area contributed by atoms with E-state index in [-0.39, 0.29) is 24.3 Å². The first-order chi connectivity index (χ1) is 19.2. The Kier molecular flexibility index (Phi) is 7.49. The second-order valence-corrected chi connectivity index (χ2v) is 9.88. The van der Waals surface area contributed by atoms with E-state index in [2.05, 4.69) is 16.7 Å². The van der Waals surface area contributed by atoms with Gasteiger partial charge in [0.2, 0.25) is 5.91 Å². The lowest BCUT2D eigenvalue weighted by atomic mass is 9.77. The van der Waals surface area contributed by atoms with Gasteiger partial charge in [-0.05, 0) is 66.4 Å². The van der Waals surface area contributed by atoms with Crippen LogP contribution < -0.4 is 15.6 Å². The number of amides is 2. The Labute approximate surface area is 233 Å². The Bertz CT molecular complexity index is 1580. The number of halogens is 2. The first-order valence-corrected chi connectivity index (χ1v) is 12.9. The van der Waals surface area contributed by atoms with Crippen LogP contribution in [0, 0.1) is 23.1 Å². The molecule has 0 fully saturated rings. The molecule has 40 heavy (non-hydrogen) atoms. The van der Waals surface area contributed by atoms with Gasteiger partial charge >= 0.3 is 5.97 Å². The highest BCUT2D eigenvalue weighted by molar-refractivity contribution is 6.32. The molecule has 1 aliphatic carbocycles. The van der Waals surface area contributed by atoms with Crippen molar-refractivity contribution in [2.45, 2.75) is 18.9 Å². The molecule has 2 aliphatic rings. The van der Waals surface area contributed by atoms with E-state index in [9.17, 15) is 24.0 Å². The van der Waals surface area contributed by atoms with Crippen LogP contribution in [0.4, 0.5) is 10.1 Å². The number of carboxylic acids is 1. The summed E-state index contributed by atoms with van der Waals surface area (Å²) >= 11 is 6.34. The molecular weight excluding hydrogens is 537 g/mol. The summed E-state index contributed by atoms with van der Waals surface area (Å²) in [6.45, 7) is -0.874. The molecule has 3 aromatic rings. The van der Waals surface area contributed by atoms with E-state index in [1.807, 2.05) is 11.1 Å². The maximum atomic E-state index is 13.8. The Hall–Kier alpha value is -4.75. The number of nitrogens with zero attached hydrogens (tertiary/aromatic N) is 3. The normalized spacial score (nSPS) is 17.2. The first kappa shape index (κ1) is 26.8. The third kappa shape index (κ3) is 5.37. The second kappa shape index (κ2) is 11.2. The van der Waals surface area contributed by atoms with Crippen molar-refractivity contribution < 1.29 is 23.9 Å². The molecule has 0 bridgehead atoms. The van der Waals surface area contributed by atoms with Crippen molar-refractivity contribution >= 4 is 40.8 Å². The highest BCUT2D eigenvalue weighted by Crippen LogP contribution is 2.46. The molecule has 9 nitrogen and oxygen atoms in total. The summed E-state index contributed by atoms with van der Waals surface area (Å²) in [5, 5.41) is 29.8.